The second-order valence-electron chi connectivity index (χ2n) is 4.22. The Kier molecular flexibility index (Phi) is 2.52. The van der Waals surface area contributed by atoms with Gasteiger partial charge in [-0.25, -0.2) is 0 Å². The fourth-order valence-electron chi connectivity index (χ4n) is 2.19. The first kappa shape index (κ1) is 10.2. The summed E-state index contributed by atoms with van der Waals surface area (Å²) in [6.45, 7) is 3.22. The lowest BCUT2D eigenvalue weighted by Crippen LogP contribution is -2.21. The SMILES string of the molecule is Cc1ccc([C@@H]2CN(C)C[C@@H]2C(=O)O)o1. The number of furan rings is 1. The third-order valence-corrected chi connectivity index (χ3v) is 2.95. The molecule has 82 valence electrons. The van der Waals surface area contributed by atoms with E-state index in [2.05, 4.69) is 0 Å². The van der Waals surface area contributed by atoms with E-state index < -0.39 is 5.97 Å². The zero-order chi connectivity index (χ0) is 11.0. The number of carboxylic acid groups (broad SMARTS) is 1. The van der Waals surface area contributed by atoms with Crippen LogP contribution in [0, 0.1) is 12.8 Å². The molecule has 0 unspecified atom stereocenters. The van der Waals surface area contributed by atoms with Gasteiger partial charge in [0, 0.05) is 19.0 Å². The van der Waals surface area contributed by atoms with Crippen molar-refractivity contribution in [3.8, 4) is 0 Å². The molecule has 1 fully saturated rings. The molecule has 2 heterocycles. The van der Waals surface area contributed by atoms with Crippen LogP contribution < -0.4 is 0 Å². The molecule has 1 N–H and O–H groups in total. The molecule has 1 aliphatic rings. The molecule has 1 aromatic rings. The van der Waals surface area contributed by atoms with E-state index in [-0.39, 0.29) is 11.8 Å². The van der Waals surface area contributed by atoms with Gasteiger partial charge in [0.05, 0.1) is 5.92 Å². The van der Waals surface area contributed by atoms with Gasteiger partial charge < -0.3 is 14.4 Å². The summed E-state index contributed by atoms with van der Waals surface area (Å²) in [4.78, 5) is 13.1. The average Bonchev–Trinajstić information content (AvgIpc) is 2.71. The lowest BCUT2D eigenvalue weighted by atomic mass is 9.94. The molecular weight excluding hydrogens is 194 g/mol. The number of aryl methyl sites for hydroxylation is 1. The average molecular weight is 209 g/mol. The highest BCUT2D eigenvalue weighted by Crippen LogP contribution is 2.32. The van der Waals surface area contributed by atoms with Crippen LogP contribution in [-0.2, 0) is 4.79 Å². The van der Waals surface area contributed by atoms with Crippen LogP contribution in [-0.4, -0.2) is 36.1 Å². The van der Waals surface area contributed by atoms with Crippen LogP contribution in [0.2, 0.25) is 0 Å². The zero-order valence-electron chi connectivity index (χ0n) is 8.93. The molecular formula is C11H15NO3. The second-order valence-corrected chi connectivity index (χ2v) is 4.22. The molecule has 0 spiro atoms. The zero-order valence-corrected chi connectivity index (χ0v) is 8.93. The van der Waals surface area contributed by atoms with Crippen LogP contribution in [0.3, 0.4) is 0 Å². The molecule has 0 amide bonds. The van der Waals surface area contributed by atoms with E-state index in [0.717, 1.165) is 18.1 Å². The monoisotopic (exact) mass is 209 g/mol. The Hall–Kier alpha value is -1.29. The van der Waals surface area contributed by atoms with Crippen molar-refractivity contribution in [1.29, 1.82) is 0 Å². The first-order valence-corrected chi connectivity index (χ1v) is 5.05. The summed E-state index contributed by atoms with van der Waals surface area (Å²) in [5.41, 5.74) is 0. The number of carbonyl (C=O) groups is 1. The van der Waals surface area contributed by atoms with Crippen molar-refractivity contribution < 1.29 is 14.3 Å². The van der Waals surface area contributed by atoms with E-state index in [1.54, 1.807) is 0 Å². The summed E-state index contributed by atoms with van der Waals surface area (Å²) in [7, 11) is 1.94. The highest BCUT2D eigenvalue weighted by Gasteiger charge is 2.38. The van der Waals surface area contributed by atoms with Gasteiger partial charge in [-0.3, -0.25) is 4.79 Å². The van der Waals surface area contributed by atoms with Crippen LogP contribution in [0.15, 0.2) is 16.5 Å². The van der Waals surface area contributed by atoms with E-state index in [1.807, 2.05) is 31.0 Å². The molecule has 2 rings (SSSR count). The minimum Gasteiger partial charge on any atom is -0.481 e. The molecule has 15 heavy (non-hydrogen) atoms. The summed E-state index contributed by atoms with van der Waals surface area (Å²) >= 11 is 0. The molecule has 4 nitrogen and oxygen atoms in total. The number of carboxylic acids is 1. The third kappa shape index (κ3) is 1.90. The fourth-order valence-corrected chi connectivity index (χ4v) is 2.19. The van der Waals surface area contributed by atoms with Gasteiger partial charge in [-0.1, -0.05) is 0 Å². The van der Waals surface area contributed by atoms with Gasteiger partial charge in [0.25, 0.3) is 0 Å². The van der Waals surface area contributed by atoms with Gasteiger partial charge in [-0.15, -0.1) is 0 Å². The minimum absolute atomic E-state index is 0.0128. The Morgan fingerprint density at radius 1 is 1.53 bits per heavy atom. The van der Waals surface area contributed by atoms with Crippen molar-refractivity contribution >= 4 is 5.97 Å². The van der Waals surface area contributed by atoms with Crippen molar-refractivity contribution in [2.24, 2.45) is 5.92 Å². The maximum absolute atomic E-state index is 11.1. The van der Waals surface area contributed by atoms with Crippen molar-refractivity contribution in [3.63, 3.8) is 0 Å². The van der Waals surface area contributed by atoms with Gasteiger partial charge >= 0.3 is 5.97 Å². The summed E-state index contributed by atoms with van der Waals surface area (Å²) < 4.78 is 5.51. The molecule has 0 radical (unpaired) electrons. The fraction of sp³-hybridized carbons (Fsp3) is 0.545. The molecule has 4 heteroatoms. The summed E-state index contributed by atoms with van der Waals surface area (Å²) in [6.07, 6.45) is 0. The van der Waals surface area contributed by atoms with Crippen LogP contribution in [0.4, 0.5) is 0 Å². The first-order valence-electron chi connectivity index (χ1n) is 5.05. The highest BCUT2D eigenvalue weighted by molar-refractivity contribution is 5.72. The van der Waals surface area contributed by atoms with Crippen molar-refractivity contribution in [2.75, 3.05) is 20.1 Å². The van der Waals surface area contributed by atoms with Crippen LogP contribution >= 0.6 is 0 Å². The third-order valence-electron chi connectivity index (χ3n) is 2.95. The van der Waals surface area contributed by atoms with Crippen LogP contribution in [0.25, 0.3) is 0 Å². The quantitative estimate of drug-likeness (QED) is 0.798. The van der Waals surface area contributed by atoms with Gasteiger partial charge in [0.2, 0.25) is 0 Å². The minimum atomic E-state index is -0.738. The second kappa shape index (κ2) is 3.70. The van der Waals surface area contributed by atoms with Crippen molar-refractivity contribution in [1.82, 2.24) is 4.90 Å². The number of hydrogen-bond donors (Lipinski definition) is 1. The number of hydrogen-bond acceptors (Lipinski definition) is 3. The van der Waals surface area contributed by atoms with Gasteiger partial charge in [0.1, 0.15) is 11.5 Å². The summed E-state index contributed by atoms with van der Waals surface area (Å²) in [6, 6.07) is 3.77. The molecule has 2 atom stereocenters. The van der Waals surface area contributed by atoms with E-state index in [1.165, 1.54) is 0 Å². The molecule has 0 aromatic carbocycles. The summed E-state index contributed by atoms with van der Waals surface area (Å²) in [5.74, 6) is 0.535. The Bertz CT molecular complexity index is 372. The predicted octanol–water partition coefficient (Wildman–Crippen LogP) is 1.32. The van der Waals surface area contributed by atoms with E-state index >= 15 is 0 Å². The number of rotatable bonds is 2. The Balaban J connectivity index is 2.24. The van der Waals surface area contributed by atoms with E-state index in [9.17, 15) is 4.79 Å². The van der Waals surface area contributed by atoms with Crippen LogP contribution in [0.5, 0.6) is 0 Å². The largest absolute Gasteiger partial charge is 0.481 e. The first-order chi connectivity index (χ1) is 7.08. The van der Waals surface area contributed by atoms with Crippen molar-refractivity contribution in [2.45, 2.75) is 12.8 Å². The van der Waals surface area contributed by atoms with Gasteiger partial charge in [-0.2, -0.15) is 0 Å². The maximum atomic E-state index is 11.1. The number of aliphatic carboxylic acids is 1. The standard InChI is InChI=1S/C11H15NO3/c1-7-3-4-10(15-7)8-5-12(2)6-9(8)11(13)14/h3-4,8-9H,5-6H2,1-2H3,(H,13,14)/t8-,9+/m1/s1. The molecule has 1 aromatic heterocycles. The Morgan fingerprint density at radius 3 is 2.80 bits per heavy atom. The van der Waals surface area contributed by atoms with Gasteiger partial charge in [-0.05, 0) is 26.1 Å². The smallest absolute Gasteiger partial charge is 0.308 e. The van der Waals surface area contributed by atoms with Gasteiger partial charge in [0.15, 0.2) is 0 Å². The highest BCUT2D eigenvalue weighted by atomic mass is 16.4. The Labute approximate surface area is 88.5 Å². The number of likely N-dealkylation sites (tertiary alicyclic amines) is 1. The summed E-state index contributed by atoms with van der Waals surface area (Å²) in [5, 5.41) is 9.10. The topological polar surface area (TPSA) is 53.7 Å². The van der Waals surface area contributed by atoms with Crippen molar-refractivity contribution in [3.05, 3.63) is 23.7 Å². The number of likely N-dealkylation sites (N-methyl/N-ethyl adjacent to an activating group) is 1. The lowest BCUT2D eigenvalue weighted by molar-refractivity contribution is -0.141. The molecule has 1 saturated heterocycles. The van der Waals surface area contributed by atoms with E-state index in [4.69, 9.17) is 9.52 Å². The lowest BCUT2D eigenvalue weighted by Gasteiger charge is -2.11. The molecule has 0 aliphatic carbocycles. The molecule has 0 bridgehead atoms. The van der Waals surface area contributed by atoms with E-state index in [0.29, 0.717) is 6.54 Å². The maximum Gasteiger partial charge on any atom is 0.308 e. The predicted molar refractivity (Wildman–Crippen MR) is 54.8 cm³/mol. The molecule has 0 saturated carbocycles. The van der Waals surface area contributed by atoms with Crippen LogP contribution in [0.1, 0.15) is 17.4 Å². The Morgan fingerprint density at radius 2 is 2.27 bits per heavy atom. The molecule has 1 aliphatic heterocycles. The normalized spacial score (nSPS) is 27.1. The number of nitrogens with zero attached hydrogens (tertiary/aromatic N) is 1.